The molecule has 3 rings (SSSR count). The Morgan fingerprint density at radius 3 is 2.90 bits per heavy atom. The van der Waals surface area contributed by atoms with Gasteiger partial charge in [0.2, 0.25) is 5.89 Å². The van der Waals surface area contributed by atoms with Gasteiger partial charge in [-0.3, -0.25) is 4.98 Å². The topological polar surface area (TPSA) is 48.2 Å². The van der Waals surface area contributed by atoms with E-state index in [1.807, 2.05) is 6.07 Å². The van der Waals surface area contributed by atoms with Crippen molar-refractivity contribution >= 4 is 5.57 Å². The number of alkyl halides is 3. The third kappa shape index (κ3) is 5.28. The fourth-order valence-corrected chi connectivity index (χ4v) is 3.45. The summed E-state index contributed by atoms with van der Waals surface area (Å²) >= 11 is 0. The number of rotatable bonds is 7. The second-order valence-electron chi connectivity index (χ2n) is 7.07. The Balaban J connectivity index is 1.92. The summed E-state index contributed by atoms with van der Waals surface area (Å²) in [7, 11) is 0. The van der Waals surface area contributed by atoms with Crippen LogP contribution in [-0.2, 0) is 6.42 Å². The number of ether oxygens (including phenoxy) is 1. The summed E-state index contributed by atoms with van der Waals surface area (Å²) in [5.41, 5.74) is 1.00. The highest BCUT2D eigenvalue weighted by Gasteiger charge is 2.38. The van der Waals surface area contributed by atoms with Gasteiger partial charge in [0.1, 0.15) is 23.3 Å². The first kappa shape index (κ1) is 21.1. The normalized spacial score (nSPS) is 18.7. The molecule has 1 aliphatic carbocycles. The van der Waals surface area contributed by atoms with Crippen molar-refractivity contribution in [2.45, 2.75) is 58.2 Å². The first-order valence-electron chi connectivity index (χ1n) is 9.90. The zero-order chi connectivity index (χ0) is 20.9. The summed E-state index contributed by atoms with van der Waals surface area (Å²) in [5.74, 6) is -0.0287. The van der Waals surface area contributed by atoms with Crippen molar-refractivity contribution in [1.29, 1.82) is 0 Å². The van der Waals surface area contributed by atoms with Gasteiger partial charge in [-0.15, -0.1) is 0 Å². The van der Waals surface area contributed by atoms with E-state index in [4.69, 9.17) is 9.15 Å². The second-order valence-corrected chi connectivity index (χ2v) is 7.07. The van der Waals surface area contributed by atoms with Gasteiger partial charge in [-0.05, 0) is 38.3 Å². The van der Waals surface area contributed by atoms with Crippen LogP contribution in [0.4, 0.5) is 13.2 Å². The van der Waals surface area contributed by atoms with Gasteiger partial charge in [0.15, 0.2) is 0 Å². The molecule has 0 N–H and O–H groups in total. The summed E-state index contributed by atoms with van der Waals surface area (Å²) < 4.78 is 52.1. The lowest BCUT2D eigenvalue weighted by atomic mass is 9.99. The average molecular weight is 406 g/mol. The Bertz CT molecular complexity index is 857. The molecule has 4 nitrogen and oxygen atoms in total. The van der Waals surface area contributed by atoms with E-state index in [1.165, 1.54) is 6.08 Å². The van der Waals surface area contributed by atoms with Gasteiger partial charge in [-0.1, -0.05) is 31.6 Å². The lowest BCUT2D eigenvalue weighted by Crippen LogP contribution is -2.21. The number of hydrogen-bond donors (Lipinski definition) is 0. The zero-order valence-electron chi connectivity index (χ0n) is 16.6. The van der Waals surface area contributed by atoms with Crippen LogP contribution in [0.5, 0.6) is 5.75 Å². The molecule has 0 spiro atoms. The van der Waals surface area contributed by atoms with Crippen LogP contribution in [0.3, 0.4) is 0 Å². The molecular formula is C22H25F3N2O2. The van der Waals surface area contributed by atoms with Crippen molar-refractivity contribution in [3.8, 4) is 5.75 Å². The van der Waals surface area contributed by atoms with E-state index in [2.05, 4.69) is 9.97 Å². The van der Waals surface area contributed by atoms with Crippen molar-refractivity contribution in [2.75, 3.05) is 0 Å². The van der Waals surface area contributed by atoms with Gasteiger partial charge in [-0.25, -0.2) is 4.98 Å². The van der Waals surface area contributed by atoms with Crippen molar-refractivity contribution in [3.63, 3.8) is 0 Å². The number of pyridine rings is 1. The maximum Gasteiger partial charge on any atom is 0.395 e. The van der Waals surface area contributed by atoms with E-state index >= 15 is 0 Å². The highest BCUT2D eigenvalue weighted by Crippen LogP contribution is 2.37. The molecule has 2 unspecified atom stereocenters. The Morgan fingerprint density at radius 2 is 2.24 bits per heavy atom. The summed E-state index contributed by atoms with van der Waals surface area (Å²) in [5, 5.41) is 0. The number of allylic oxidation sites excluding steroid dienone is 4. The average Bonchev–Trinajstić information content (AvgIpc) is 3.12. The van der Waals surface area contributed by atoms with Crippen LogP contribution in [0.15, 0.2) is 47.2 Å². The molecule has 0 radical (unpaired) electrons. The van der Waals surface area contributed by atoms with Crippen LogP contribution >= 0.6 is 0 Å². The molecular weight excluding hydrogens is 381 g/mol. The Hall–Kier alpha value is -2.57. The van der Waals surface area contributed by atoms with Crippen LogP contribution in [0, 0.1) is 5.92 Å². The van der Waals surface area contributed by atoms with Crippen molar-refractivity contribution in [2.24, 2.45) is 5.92 Å². The third-order valence-electron chi connectivity index (χ3n) is 4.81. The number of oxazole rings is 1. The maximum atomic E-state index is 13.4. The van der Waals surface area contributed by atoms with E-state index in [1.54, 1.807) is 44.5 Å². The van der Waals surface area contributed by atoms with Crippen molar-refractivity contribution < 1.29 is 22.3 Å². The second kappa shape index (κ2) is 9.29. The quantitative estimate of drug-likeness (QED) is 0.495. The number of nitrogens with zero attached hydrogens (tertiary/aromatic N) is 2. The molecule has 7 heteroatoms. The molecule has 0 aliphatic heterocycles. The molecule has 0 fully saturated rings. The predicted molar refractivity (Wildman–Crippen MR) is 104 cm³/mol. The van der Waals surface area contributed by atoms with Crippen LogP contribution in [0.25, 0.3) is 5.57 Å². The Kier molecular flexibility index (Phi) is 6.77. The minimum absolute atomic E-state index is 0.0255. The lowest BCUT2D eigenvalue weighted by Gasteiger charge is -2.21. The Labute approximate surface area is 168 Å². The SMILES string of the molecule is C/C=C\C(=C/C(CCC)C(F)(F)F)c1nc2c(o1)CCCC2Oc1cccnc1. The highest BCUT2D eigenvalue weighted by atomic mass is 19.4. The van der Waals surface area contributed by atoms with E-state index < -0.39 is 12.1 Å². The van der Waals surface area contributed by atoms with Crippen molar-refractivity contribution in [3.05, 3.63) is 60.1 Å². The van der Waals surface area contributed by atoms with E-state index in [0.29, 0.717) is 35.6 Å². The van der Waals surface area contributed by atoms with E-state index in [9.17, 15) is 13.2 Å². The highest BCUT2D eigenvalue weighted by molar-refractivity contribution is 5.69. The van der Waals surface area contributed by atoms with Gasteiger partial charge >= 0.3 is 6.18 Å². The molecule has 2 aromatic heterocycles. The maximum absolute atomic E-state index is 13.4. The fraction of sp³-hybridized carbons (Fsp3) is 0.455. The van der Waals surface area contributed by atoms with Crippen LogP contribution < -0.4 is 4.74 Å². The van der Waals surface area contributed by atoms with E-state index in [0.717, 1.165) is 12.8 Å². The standard InChI is InChI=1S/C22H25F3N2O2/c1-3-7-15(13-16(8-4-2)22(23,24)25)21-27-20-18(10-5-11-19(20)29-21)28-17-9-6-12-26-14-17/h3,6-7,9,12-14,16,18H,4-5,8,10-11H2,1-2H3/b7-3-,15-13+. The van der Waals surface area contributed by atoms with Crippen LogP contribution in [-0.4, -0.2) is 16.1 Å². The lowest BCUT2D eigenvalue weighted by molar-refractivity contribution is -0.162. The van der Waals surface area contributed by atoms with Gasteiger partial charge in [0.25, 0.3) is 0 Å². The largest absolute Gasteiger partial charge is 0.482 e. The molecule has 29 heavy (non-hydrogen) atoms. The first-order chi connectivity index (χ1) is 13.9. The fourth-order valence-electron chi connectivity index (χ4n) is 3.45. The molecule has 0 amide bonds. The smallest absolute Gasteiger partial charge is 0.395 e. The summed E-state index contributed by atoms with van der Waals surface area (Å²) in [6.45, 7) is 3.50. The number of aromatic nitrogens is 2. The molecule has 1 aliphatic rings. The Morgan fingerprint density at radius 1 is 1.41 bits per heavy atom. The monoisotopic (exact) mass is 406 g/mol. The zero-order valence-corrected chi connectivity index (χ0v) is 16.6. The molecule has 2 aromatic rings. The molecule has 0 saturated heterocycles. The molecule has 0 aromatic carbocycles. The first-order valence-corrected chi connectivity index (χ1v) is 9.90. The minimum atomic E-state index is -4.30. The number of hydrogen-bond acceptors (Lipinski definition) is 4. The molecule has 0 saturated carbocycles. The van der Waals surface area contributed by atoms with Crippen molar-refractivity contribution in [1.82, 2.24) is 9.97 Å². The van der Waals surface area contributed by atoms with Crippen LogP contribution in [0.1, 0.15) is 63.0 Å². The predicted octanol–water partition coefficient (Wildman–Crippen LogP) is 6.46. The molecule has 2 atom stereocenters. The summed E-state index contributed by atoms with van der Waals surface area (Å²) in [6.07, 6.45) is 5.98. The number of aryl methyl sites for hydroxylation is 1. The summed E-state index contributed by atoms with van der Waals surface area (Å²) in [4.78, 5) is 8.59. The molecule has 156 valence electrons. The van der Waals surface area contributed by atoms with Gasteiger partial charge in [-0.2, -0.15) is 13.2 Å². The van der Waals surface area contributed by atoms with Gasteiger partial charge in [0.05, 0.1) is 12.1 Å². The molecule has 2 heterocycles. The number of halogens is 3. The minimum Gasteiger partial charge on any atom is -0.482 e. The van der Waals surface area contributed by atoms with Gasteiger partial charge in [0, 0.05) is 18.2 Å². The third-order valence-corrected chi connectivity index (χ3v) is 4.81. The number of fused-ring (bicyclic) bond motifs is 1. The van der Waals surface area contributed by atoms with Gasteiger partial charge < -0.3 is 9.15 Å². The van der Waals surface area contributed by atoms with E-state index in [-0.39, 0.29) is 18.4 Å². The summed E-state index contributed by atoms with van der Waals surface area (Å²) in [6, 6.07) is 3.59. The molecule has 0 bridgehead atoms. The van der Waals surface area contributed by atoms with Crippen LogP contribution in [0.2, 0.25) is 0 Å².